The Morgan fingerprint density at radius 2 is 1.92 bits per heavy atom. The van der Waals surface area contributed by atoms with Crippen molar-refractivity contribution < 1.29 is 9.31 Å². The van der Waals surface area contributed by atoms with Crippen LogP contribution in [0.5, 0.6) is 0 Å². The Morgan fingerprint density at radius 1 is 1.33 bits per heavy atom. The Labute approximate surface area is 94.8 Å². The molecule has 0 saturated carbocycles. The zero-order chi connectivity index (χ0) is 9.30. The summed E-state index contributed by atoms with van der Waals surface area (Å²) in [6, 6.07) is 2.37. The number of nitro benzene ring substituents is 1. The van der Waals surface area contributed by atoms with Crippen LogP contribution in [0.2, 0.25) is 0 Å². The molecule has 0 N–H and O–H groups in total. The van der Waals surface area contributed by atoms with E-state index in [0.29, 0.717) is 3.57 Å². The van der Waals surface area contributed by atoms with Gasteiger partial charge in [0.25, 0.3) is 5.69 Å². The summed E-state index contributed by atoms with van der Waals surface area (Å²) in [7, 11) is 0. The van der Waals surface area contributed by atoms with Gasteiger partial charge in [-0.1, -0.05) is 0 Å². The first kappa shape index (κ1) is 10.1. The summed E-state index contributed by atoms with van der Waals surface area (Å²) in [6.45, 7) is 0. The summed E-state index contributed by atoms with van der Waals surface area (Å²) in [5.41, 5.74) is -0.0543. The third kappa shape index (κ3) is 2.03. The van der Waals surface area contributed by atoms with Crippen molar-refractivity contribution in [2.45, 2.75) is 0 Å². The summed E-state index contributed by atoms with van der Waals surface area (Å²) in [4.78, 5) is 9.84. The van der Waals surface area contributed by atoms with Crippen molar-refractivity contribution in [3.63, 3.8) is 0 Å². The van der Waals surface area contributed by atoms with E-state index in [4.69, 9.17) is 0 Å². The Kier molecular flexibility index (Phi) is 3.21. The first-order valence-corrected chi connectivity index (χ1v) is 4.97. The molecule has 64 valence electrons. The van der Waals surface area contributed by atoms with E-state index in [9.17, 15) is 14.5 Å². The SMILES string of the molecule is O=[N+]([O-])c1cc(I)c(F)cc1I. The average molecular weight is 393 g/mol. The lowest BCUT2D eigenvalue weighted by Gasteiger charge is -1.97. The lowest BCUT2D eigenvalue weighted by molar-refractivity contribution is -0.385. The van der Waals surface area contributed by atoms with Gasteiger partial charge in [-0.3, -0.25) is 10.1 Å². The maximum absolute atomic E-state index is 12.8. The summed E-state index contributed by atoms with van der Waals surface area (Å²) in [5.74, 6) is -0.425. The van der Waals surface area contributed by atoms with E-state index >= 15 is 0 Å². The highest BCUT2D eigenvalue weighted by Crippen LogP contribution is 2.25. The Bertz CT molecular complexity index is 343. The second-order valence-corrected chi connectivity index (χ2v) is 4.30. The van der Waals surface area contributed by atoms with Crippen LogP contribution in [0, 0.1) is 23.1 Å². The van der Waals surface area contributed by atoms with Crippen LogP contribution in [0.4, 0.5) is 10.1 Å². The van der Waals surface area contributed by atoms with Crippen LogP contribution in [0.25, 0.3) is 0 Å². The second-order valence-electron chi connectivity index (χ2n) is 1.97. The fourth-order valence-electron chi connectivity index (χ4n) is 0.652. The molecule has 0 aliphatic rings. The van der Waals surface area contributed by atoms with Crippen LogP contribution in [0.1, 0.15) is 0 Å². The van der Waals surface area contributed by atoms with E-state index in [1.165, 1.54) is 6.07 Å². The molecule has 6 heteroatoms. The summed E-state index contributed by atoms with van der Waals surface area (Å²) in [5, 5.41) is 10.4. The minimum Gasteiger partial charge on any atom is -0.258 e. The lowest BCUT2D eigenvalue weighted by atomic mass is 10.3. The average Bonchev–Trinajstić information content (AvgIpc) is 1.96. The van der Waals surface area contributed by atoms with E-state index in [2.05, 4.69) is 0 Å². The first-order valence-electron chi connectivity index (χ1n) is 2.81. The van der Waals surface area contributed by atoms with Crippen LogP contribution in [0.3, 0.4) is 0 Å². The predicted octanol–water partition coefficient (Wildman–Crippen LogP) is 2.94. The van der Waals surface area contributed by atoms with Gasteiger partial charge in [-0.2, -0.15) is 0 Å². The Morgan fingerprint density at radius 3 is 2.42 bits per heavy atom. The molecule has 0 spiro atoms. The van der Waals surface area contributed by atoms with Crippen molar-refractivity contribution in [2.24, 2.45) is 0 Å². The van der Waals surface area contributed by atoms with Crippen molar-refractivity contribution in [1.82, 2.24) is 0 Å². The van der Waals surface area contributed by atoms with Gasteiger partial charge in [-0.25, -0.2) is 4.39 Å². The largest absolute Gasteiger partial charge is 0.283 e. The van der Waals surface area contributed by atoms with Crippen molar-refractivity contribution in [2.75, 3.05) is 0 Å². The molecule has 1 aromatic rings. The van der Waals surface area contributed by atoms with Gasteiger partial charge in [0.1, 0.15) is 5.82 Å². The van der Waals surface area contributed by atoms with E-state index in [-0.39, 0.29) is 9.26 Å². The minimum absolute atomic E-state index is 0.0543. The number of rotatable bonds is 1. The van der Waals surface area contributed by atoms with Crippen LogP contribution < -0.4 is 0 Å². The molecule has 0 heterocycles. The molecule has 0 amide bonds. The highest BCUT2D eigenvalue weighted by molar-refractivity contribution is 14.1. The Hall–Kier alpha value is 0.01000. The molecular weight excluding hydrogens is 391 g/mol. The molecule has 0 bridgehead atoms. The maximum atomic E-state index is 12.8. The first-order chi connectivity index (χ1) is 5.52. The van der Waals surface area contributed by atoms with Crippen molar-refractivity contribution in [3.8, 4) is 0 Å². The third-order valence-corrected chi connectivity index (χ3v) is 2.88. The van der Waals surface area contributed by atoms with Gasteiger partial charge in [-0.05, 0) is 51.2 Å². The smallest absolute Gasteiger partial charge is 0.258 e. The zero-order valence-electron chi connectivity index (χ0n) is 5.55. The number of nitrogens with zero attached hydrogens (tertiary/aromatic N) is 1. The molecule has 0 unspecified atom stereocenters. The molecule has 0 atom stereocenters. The molecule has 0 radical (unpaired) electrons. The molecule has 0 saturated heterocycles. The molecule has 0 aliphatic heterocycles. The Balaban J connectivity index is 3.33. The van der Waals surface area contributed by atoms with E-state index < -0.39 is 10.7 Å². The van der Waals surface area contributed by atoms with Gasteiger partial charge in [0, 0.05) is 6.07 Å². The molecule has 12 heavy (non-hydrogen) atoms. The normalized spacial score (nSPS) is 9.92. The van der Waals surface area contributed by atoms with Gasteiger partial charge in [0.05, 0.1) is 12.1 Å². The van der Waals surface area contributed by atoms with Gasteiger partial charge in [-0.15, -0.1) is 0 Å². The molecule has 1 rings (SSSR count). The number of nitro groups is 1. The van der Waals surface area contributed by atoms with E-state index in [0.717, 1.165) is 6.07 Å². The predicted molar refractivity (Wildman–Crippen MR) is 58.5 cm³/mol. The maximum Gasteiger partial charge on any atom is 0.283 e. The van der Waals surface area contributed by atoms with Crippen LogP contribution in [-0.2, 0) is 0 Å². The highest BCUT2D eigenvalue weighted by Gasteiger charge is 2.14. The molecule has 0 fully saturated rings. The van der Waals surface area contributed by atoms with Crippen LogP contribution >= 0.6 is 45.2 Å². The molecule has 1 aromatic carbocycles. The summed E-state index contributed by atoms with van der Waals surface area (Å²) in [6.07, 6.45) is 0. The van der Waals surface area contributed by atoms with Gasteiger partial charge in [0.15, 0.2) is 0 Å². The fourth-order valence-corrected chi connectivity index (χ4v) is 1.73. The number of hydrogen-bond donors (Lipinski definition) is 0. The molecule has 3 nitrogen and oxygen atoms in total. The molecule has 0 aromatic heterocycles. The van der Waals surface area contributed by atoms with Crippen LogP contribution in [-0.4, -0.2) is 4.92 Å². The zero-order valence-corrected chi connectivity index (χ0v) is 9.87. The monoisotopic (exact) mass is 393 g/mol. The van der Waals surface area contributed by atoms with Crippen LogP contribution in [0.15, 0.2) is 12.1 Å². The number of halogens is 3. The summed E-state index contributed by atoms with van der Waals surface area (Å²) >= 11 is 3.45. The lowest BCUT2D eigenvalue weighted by Crippen LogP contribution is -1.94. The fraction of sp³-hybridized carbons (Fsp3) is 0. The second kappa shape index (κ2) is 3.81. The van der Waals surface area contributed by atoms with E-state index in [1.807, 2.05) is 0 Å². The van der Waals surface area contributed by atoms with Gasteiger partial charge in [0.2, 0.25) is 0 Å². The third-order valence-electron chi connectivity index (χ3n) is 1.19. The molecular formula is C6H2FI2NO2. The topological polar surface area (TPSA) is 43.1 Å². The van der Waals surface area contributed by atoms with Gasteiger partial charge < -0.3 is 0 Å². The standard InChI is InChI=1S/C6H2FI2NO2/c7-3-1-5(9)6(10(11)12)2-4(3)8/h1-2H. The van der Waals surface area contributed by atoms with Crippen molar-refractivity contribution in [3.05, 3.63) is 35.2 Å². The number of hydrogen-bond acceptors (Lipinski definition) is 2. The molecule has 0 aliphatic carbocycles. The highest BCUT2D eigenvalue weighted by atomic mass is 127. The van der Waals surface area contributed by atoms with E-state index in [1.54, 1.807) is 45.2 Å². The van der Waals surface area contributed by atoms with Gasteiger partial charge >= 0.3 is 0 Å². The quantitative estimate of drug-likeness (QED) is 0.319. The van der Waals surface area contributed by atoms with Crippen molar-refractivity contribution >= 4 is 50.9 Å². The number of benzene rings is 1. The minimum atomic E-state index is -0.524. The van der Waals surface area contributed by atoms with Crippen molar-refractivity contribution in [1.29, 1.82) is 0 Å². The summed E-state index contributed by atoms with van der Waals surface area (Å²) < 4.78 is 13.4.